The molecule has 1 atom stereocenters. The molecule has 0 aromatic heterocycles. The second-order valence-electron chi connectivity index (χ2n) is 9.83. The van der Waals surface area contributed by atoms with E-state index in [1.807, 2.05) is 64.4 Å². The number of unbranched alkanes of at least 4 members (excludes halogenated alkanes) is 2. The van der Waals surface area contributed by atoms with Crippen molar-refractivity contribution in [1.82, 2.24) is 15.2 Å². The molecule has 0 bridgehead atoms. The van der Waals surface area contributed by atoms with Crippen molar-refractivity contribution in [3.8, 4) is 5.75 Å². The number of ether oxygens (including phenoxy) is 1. The first-order valence-corrected chi connectivity index (χ1v) is 13.3. The summed E-state index contributed by atoms with van der Waals surface area (Å²) in [7, 11) is 1.63. The van der Waals surface area contributed by atoms with Crippen LogP contribution in [0.5, 0.6) is 5.75 Å². The second-order valence-corrected chi connectivity index (χ2v) is 9.83. The minimum absolute atomic E-state index is 0.0325. The number of anilines is 1. The van der Waals surface area contributed by atoms with E-state index in [1.54, 1.807) is 7.11 Å². The van der Waals surface area contributed by atoms with Crippen molar-refractivity contribution in [1.29, 1.82) is 0 Å². The third-order valence-electron chi connectivity index (χ3n) is 7.13. The van der Waals surface area contributed by atoms with E-state index in [9.17, 15) is 9.59 Å². The lowest BCUT2D eigenvalue weighted by Gasteiger charge is -2.43. The Kier molecular flexibility index (Phi) is 9.94. The highest BCUT2D eigenvalue weighted by molar-refractivity contribution is 5.88. The van der Waals surface area contributed by atoms with E-state index >= 15 is 0 Å². The molecule has 2 aliphatic rings. The molecule has 1 saturated heterocycles. The third kappa shape index (κ3) is 7.67. The summed E-state index contributed by atoms with van der Waals surface area (Å²) in [4.78, 5) is 37.7. The summed E-state index contributed by atoms with van der Waals surface area (Å²) in [6.07, 6.45) is 4.38. The number of nitrogens with zero attached hydrogens (tertiary/aromatic N) is 4. The Morgan fingerprint density at radius 2 is 1.71 bits per heavy atom. The van der Waals surface area contributed by atoms with Crippen LogP contribution in [0.4, 0.5) is 5.69 Å². The summed E-state index contributed by atoms with van der Waals surface area (Å²) in [5.74, 6) is 0.842. The van der Waals surface area contributed by atoms with Crippen molar-refractivity contribution < 1.29 is 29.6 Å². The van der Waals surface area contributed by atoms with Crippen molar-refractivity contribution in [3.05, 3.63) is 60.2 Å². The summed E-state index contributed by atoms with van der Waals surface area (Å²) >= 11 is 0. The van der Waals surface area contributed by atoms with Crippen LogP contribution < -0.4 is 9.64 Å². The molecular weight excluding hydrogens is 488 g/mol. The number of hydrogen-bond donors (Lipinski definition) is 2. The number of piperazine rings is 1. The molecule has 4 rings (SSSR count). The highest BCUT2D eigenvalue weighted by atomic mass is 17.1. The van der Waals surface area contributed by atoms with Gasteiger partial charge in [-0.25, -0.2) is 0 Å². The Hall–Kier alpha value is -3.18. The van der Waals surface area contributed by atoms with Gasteiger partial charge >= 0.3 is 0 Å². The summed E-state index contributed by atoms with van der Waals surface area (Å²) < 4.78 is 5.32. The molecule has 38 heavy (non-hydrogen) atoms. The largest absolute Gasteiger partial charge is 0.497 e. The topological polar surface area (TPSA) is 106 Å². The number of carbonyl (C=O) groups excluding carboxylic acids is 2. The molecule has 206 valence electrons. The highest BCUT2D eigenvalue weighted by Crippen LogP contribution is 2.32. The molecule has 0 spiro atoms. The Bertz CT molecular complexity index is 1030. The van der Waals surface area contributed by atoms with Gasteiger partial charge in [0.15, 0.2) is 0 Å². The molecule has 10 heteroatoms. The zero-order valence-electron chi connectivity index (χ0n) is 21.9. The van der Waals surface area contributed by atoms with Crippen molar-refractivity contribution >= 4 is 17.5 Å². The minimum atomic E-state index is -0.473. The number of rotatable bonds is 13. The van der Waals surface area contributed by atoms with E-state index in [0.29, 0.717) is 45.4 Å². The molecule has 2 fully saturated rings. The molecular formula is C28H38N4O6. The number of methoxy groups -OCH3 is 1. The van der Waals surface area contributed by atoms with E-state index in [1.165, 1.54) is 0 Å². The lowest BCUT2D eigenvalue weighted by atomic mass is 10.1. The van der Waals surface area contributed by atoms with Gasteiger partial charge in [0.25, 0.3) is 0 Å². The van der Waals surface area contributed by atoms with Gasteiger partial charge in [-0.2, -0.15) is 0 Å². The van der Waals surface area contributed by atoms with Gasteiger partial charge in [-0.15, -0.1) is 0 Å². The van der Waals surface area contributed by atoms with Crippen LogP contribution in [0, 0.1) is 0 Å². The third-order valence-corrected chi connectivity index (χ3v) is 7.13. The molecule has 2 aromatic carbocycles. The first-order chi connectivity index (χ1) is 18.5. The maximum absolute atomic E-state index is 14.1. The lowest BCUT2D eigenvalue weighted by Crippen LogP contribution is -2.61. The molecule has 2 aromatic rings. The quantitative estimate of drug-likeness (QED) is 0.302. The van der Waals surface area contributed by atoms with E-state index in [-0.39, 0.29) is 29.9 Å². The van der Waals surface area contributed by atoms with Crippen LogP contribution in [0.1, 0.15) is 44.1 Å². The monoisotopic (exact) mass is 526 g/mol. The molecule has 0 unspecified atom stereocenters. The molecule has 0 radical (unpaired) electrons. The van der Waals surface area contributed by atoms with E-state index in [4.69, 9.17) is 15.2 Å². The first-order valence-electron chi connectivity index (χ1n) is 13.3. The smallest absolute Gasteiger partial charge is 0.247 e. The van der Waals surface area contributed by atoms with Gasteiger partial charge in [-0.3, -0.25) is 24.8 Å². The molecule has 1 aliphatic carbocycles. The highest BCUT2D eigenvalue weighted by Gasteiger charge is 2.41. The van der Waals surface area contributed by atoms with Gasteiger partial charge < -0.3 is 19.4 Å². The van der Waals surface area contributed by atoms with Crippen LogP contribution in [-0.4, -0.2) is 82.9 Å². The van der Waals surface area contributed by atoms with E-state index in [0.717, 1.165) is 36.3 Å². The molecule has 10 nitrogen and oxygen atoms in total. The Morgan fingerprint density at radius 3 is 2.37 bits per heavy atom. The van der Waals surface area contributed by atoms with E-state index < -0.39 is 6.04 Å². The van der Waals surface area contributed by atoms with Crippen molar-refractivity contribution in [2.45, 2.75) is 57.2 Å². The molecule has 2 amide bonds. The number of carbonyl (C=O) groups is 2. The predicted molar refractivity (Wildman–Crippen MR) is 141 cm³/mol. The normalized spacial score (nSPS) is 17.5. The van der Waals surface area contributed by atoms with Gasteiger partial charge in [-0.05, 0) is 55.5 Å². The van der Waals surface area contributed by atoms with Crippen LogP contribution in [0.3, 0.4) is 0 Å². The molecule has 1 heterocycles. The standard InChI is InChI=1S/C28H38N4O6/c1-37-25-15-13-23(14-16-25)30-18-17-29(27(33)10-6-3-7-19-38-32(35)36)21-26(30)28(34)31(24-11-12-24)20-22-8-4-2-5-9-22/h2,4-5,8-9,13-16,24,26,35-36H,3,6-7,10-12,17-21H2,1H3/t26-/m1/s1. The van der Waals surface area contributed by atoms with Crippen LogP contribution in [0.25, 0.3) is 0 Å². The van der Waals surface area contributed by atoms with Crippen LogP contribution in [0.2, 0.25) is 0 Å². The molecule has 1 aliphatic heterocycles. The van der Waals surface area contributed by atoms with Gasteiger partial charge in [0.05, 0.1) is 25.7 Å². The van der Waals surface area contributed by atoms with Crippen molar-refractivity contribution in [3.63, 3.8) is 0 Å². The Morgan fingerprint density at radius 1 is 0.974 bits per heavy atom. The fourth-order valence-corrected chi connectivity index (χ4v) is 4.91. The van der Waals surface area contributed by atoms with Crippen LogP contribution in [-0.2, 0) is 21.0 Å². The zero-order chi connectivity index (χ0) is 26.9. The summed E-state index contributed by atoms with van der Waals surface area (Å²) in [6, 6.07) is 17.5. The number of amides is 2. The van der Waals surface area contributed by atoms with Crippen LogP contribution >= 0.6 is 0 Å². The second kappa shape index (κ2) is 13.6. The van der Waals surface area contributed by atoms with Gasteiger partial charge in [-0.1, -0.05) is 36.8 Å². The maximum atomic E-state index is 14.1. The van der Waals surface area contributed by atoms with E-state index in [2.05, 4.69) is 9.74 Å². The average Bonchev–Trinajstić information content (AvgIpc) is 3.79. The van der Waals surface area contributed by atoms with Crippen molar-refractivity contribution in [2.75, 3.05) is 38.3 Å². The van der Waals surface area contributed by atoms with Gasteiger partial charge in [0.2, 0.25) is 11.8 Å². The zero-order valence-corrected chi connectivity index (χ0v) is 21.9. The summed E-state index contributed by atoms with van der Waals surface area (Å²) in [5.41, 5.74) is 2.04. The summed E-state index contributed by atoms with van der Waals surface area (Å²) in [6.45, 7) is 2.18. The minimum Gasteiger partial charge on any atom is -0.497 e. The number of hydrogen-bond acceptors (Lipinski definition) is 8. The fourth-order valence-electron chi connectivity index (χ4n) is 4.91. The van der Waals surface area contributed by atoms with Gasteiger partial charge in [0.1, 0.15) is 11.8 Å². The Labute approximate surface area is 223 Å². The lowest BCUT2D eigenvalue weighted by molar-refractivity contribution is -0.492. The average molecular weight is 527 g/mol. The molecule has 1 saturated carbocycles. The Balaban J connectivity index is 1.45. The van der Waals surface area contributed by atoms with Gasteiger partial charge in [0, 0.05) is 37.8 Å². The fraction of sp³-hybridized carbons (Fsp3) is 0.500. The maximum Gasteiger partial charge on any atom is 0.247 e. The van der Waals surface area contributed by atoms with Crippen molar-refractivity contribution in [2.24, 2.45) is 0 Å². The number of benzene rings is 2. The summed E-state index contributed by atoms with van der Waals surface area (Å²) in [5, 5.41) is 16.9. The van der Waals surface area contributed by atoms with Crippen LogP contribution in [0.15, 0.2) is 54.6 Å². The molecule has 2 N–H and O–H groups in total. The predicted octanol–water partition coefficient (Wildman–Crippen LogP) is 3.48. The SMILES string of the molecule is COc1ccc(N2CCN(C(=O)CCCCCON(O)O)C[C@@H]2C(=O)N(Cc2ccccc2)C2CC2)cc1. The first kappa shape index (κ1) is 27.8.